The fraction of sp³-hybridized carbons (Fsp3) is 0.316. The molecule has 1 aromatic carbocycles. The molecule has 4 nitrogen and oxygen atoms in total. The van der Waals surface area contributed by atoms with Gasteiger partial charge in [-0.05, 0) is 44.9 Å². The van der Waals surface area contributed by atoms with Crippen molar-refractivity contribution in [1.29, 1.82) is 0 Å². The van der Waals surface area contributed by atoms with E-state index < -0.39 is 0 Å². The summed E-state index contributed by atoms with van der Waals surface area (Å²) < 4.78 is 2.18. The molecular formula is C19H19ClN4S. The van der Waals surface area contributed by atoms with Crippen LogP contribution in [0.25, 0.3) is 5.00 Å². The van der Waals surface area contributed by atoms with Crippen LogP contribution in [0.1, 0.15) is 52.6 Å². The first-order valence-corrected chi connectivity index (χ1v) is 9.57. The smallest absolute Gasteiger partial charge is 0.163 e. The van der Waals surface area contributed by atoms with Crippen LogP contribution in [0.5, 0.6) is 0 Å². The van der Waals surface area contributed by atoms with Crippen LogP contribution in [-0.4, -0.2) is 20.5 Å². The second kappa shape index (κ2) is 6.07. The van der Waals surface area contributed by atoms with Gasteiger partial charge in [-0.2, -0.15) is 0 Å². The number of aromatic nitrogens is 3. The first-order valence-electron chi connectivity index (χ1n) is 8.37. The zero-order valence-corrected chi connectivity index (χ0v) is 16.2. The van der Waals surface area contributed by atoms with Crippen LogP contribution in [-0.2, 0) is 0 Å². The highest BCUT2D eigenvalue weighted by atomic mass is 35.5. The molecule has 6 heteroatoms. The fourth-order valence-electron chi connectivity index (χ4n) is 3.27. The quantitative estimate of drug-likeness (QED) is 0.621. The number of hydrogen-bond acceptors (Lipinski definition) is 4. The standard InChI is InChI=1S/C19H19ClN4S/c1-5-15-18-23-22-12(4)24(18)19-16(10(2)11(3)25-19)17(21-15)13-6-8-14(20)9-7-13/h6-9,15H,5H2,1-4H3/t15-/m0/s1. The minimum Gasteiger partial charge on any atom is -0.273 e. The summed E-state index contributed by atoms with van der Waals surface area (Å²) in [4.78, 5) is 6.41. The van der Waals surface area contributed by atoms with Crippen LogP contribution in [0.4, 0.5) is 0 Å². The van der Waals surface area contributed by atoms with Gasteiger partial charge in [0.2, 0.25) is 0 Å². The predicted molar refractivity (Wildman–Crippen MR) is 104 cm³/mol. The number of rotatable bonds is 2. The molecule has 0 spiro atoms. The van der Waals surface area contributed by atoms with Gasteiger partial charge in [-0.3, -0.25) is 9.56 Å². The second-order valence-electron chi connectivity index (χ2n) is 6.31. The number of aliphatic imine (C=N–C) groups is 1. The Morgan fingerprint density at radius 3 is 2.52 bits per heavy atom. The van der Waals surface area contributed by atoms with E-state index in [9.17, 15) is 0 Å². The summed E-state index contributed by atoms with van der Waals surface area (Å²) in [5, 5.41) is 10.7. The van der Waals surface area contributed by atoms with Gasteiger partial charge in [0.1, 0.15) is 16.9 Å². The molecule has 25 heavy (non-hydrogen) atoms. The number of aryl methyl sites for hydroxylation is 2. The van der Waals surface area contributed by atoms with Crippen molar-refractivity contribution in [3.8, 4) is 5.00 Å². The summed E-state index contributed by atoms with van der Waals surface area (Å²) in [6, 6.07) is 7.92. The highest BCUT2D eigenvalue weighted by Gasteiger charge is 2.30. The largest absolute Gasteiger partial charge is 0.273 e. The molecule has 0 bridgehead atoms. The number of benzene rings is 1. The molecule has 0 fully saturated rings. The molecule has 2 aromatic heterocycles. The van der Waals surface area contributed by atoms with Gasteiger partial charge in [0.05, 0.1) is 5.71 Å². The van der Waals surface area contributed by atoms with Crippen LogP contribution in [0.15, 0.2) is 29.3 Å². The van der Waals surface area contributed by atoms with Gasteiger partial charge in [-0.25, -0.2) is 0 Å². The number of hydrogen-bond donors (Lipinski definition) is 0. The van der Waals surface area contributed by atoms with Crippen molar-refractivity contribution < 1.29 is 0 Å². The van der Waals surface area contributed by atoms with Crippen LogP contribution in [0, 0.1) is 20.8 Å². The van der Waals surface area contributed by atoms with Crippen molar-refractivity contribution in [2.75, 3.05) is 0 Å². The molecule has 0 aliphatic carbocycles. The van der Waals surface area contributed by atoms with E-state index in [0.717, 1.165) is 39.4 Å². The van der Waals surface area contributed by atoms with E-state index in [1.165, 1.54) is 16.0 Å². The Balaban J connectivity index is 2.05. The molecule has 3 heterocycles. The molecule has 0 unspecified atom stereocenters. The molecule has 3 aromatic rings. The number of thiophene rings is 1. The minimum absolute atomic E-state index is 0.00816. The van der Waals surface area contributed by atoms with Crippen molar-refractivity contribution in [3.63, 3.8) is 0 Å². The van der Waals surface area contributed by atoms with Crippen LogP contribution < -0.4 is 0 Å². The fourth-order valence-corrected chi connectivity index (χ4v) is 4.61. The average molecular weight is 371 g/mol. The van der Waals surface area contributed by atoms with E-state index in [2.05, 4.69) is 35.5 Å². The lowest BCUT2D eigenvalue weighted by Crippen LogP contribution is -2.07. The van der Waals surface area contributed by atoms with Gasteiger partial charge in [0.25, 0.3) is 0 Å². The molecular weight excluding hydrogens is 352 g/mol. The van der Waals surface area contributed by atoms with E-state index in [1.54, 1.807) is 11.3 Å². The zero-order valence-electron chi connectivity index (χ0n) is 14.7. The lowest BCUT2D eigenvalue weighted by molar-refractivity contribution is 0.641. The Hall–Kier alpha value is -1.98. The first-order chi connectivity index (χ1) is 12.0. The molecule has 1 atom stereocenters. The lowest BCUT2D eigenvalue weighted by atomic mass is 10.00. The van der Waals surface area contributed by atoms with E-state index in [-0.39, 0.29) is 6.04 Å². The SMILES string of the molecule is CC[C@@H]1N=C(c2ccc(Cl)cc2)c2c(sc(C)c2C)-n2c(C)nnc21. The molecule has 0 saturated heterocycles. The Kier molecular flexibility index (Phi) is 4.01. The lowest BCUT2D eigenvalue weighted by Gasteiger charge is -2.10. The summed E-state index contributed by atoms with van der Waals surface area (Å²) in [6.07, 6.45) is 0.877. The van der Waals surface area contributed by atoms with Crippen molar-refractivity contribution in [1.82, 2.24) is 14.8 Å². The first kappa shape index (κ1) is 16.5. The zero-order chi connectivity index (χ0) is 17.7. The summed E-state index contributed by atoms with van der Waals surface area (Å²) in [7, 11) is 0. The second-order valence-corrected chi connectivity index (χ2v) is 7.95. The molecule has 0 amide bonds. The van der Waals surface area contributed by atoms with E-state index in [1.807, 2.05) is 31.2 Å². The summed E-state index contributed by atoms with van der Waals surface area (Å²) >= 11 is 7.87. The van der Waals surface area contributed by atoms with Gasteiger partial charge < -0.3 is 0 Å². The van der Waals surface area contributed by atoms with E-state index >= 15 is 0 Å². The third-order valence-electron chi connectivity index (χ3n) is 4.74. The molecule has 0 saturated carbocycles. The van der Waals surface area contributed by atoms with Crippen molar-refractivity contribution >= 4 is 28.6 Å². The third kappa shape index (κ3) is 2.53. The molecule has 4 rings (SSSR count). The Morgan fingerprint density at radius 1 is 1.12 bits per heavy atom. The highest BCUT2D eigenvalue weighted by Crippen LogP contribution is 2.39. The Bertz CT molecular complexity index is 982. The third-order valence-corrected chi connectivity index (χ3v) is 6.19. The van der Waals surface area contributed by atoms with E-state index in [0.29, 0.717) is 0 Å². The summed E-state index contributed by atoms with van der Waals surface area (Å²) in [5.74, 6) is 1.83. The van der Waals surface area contributed by atoms with Crippen LogP contribution >= 0.6 is 22.9 Å². The van der Waals surface area contributed by atoms with Crippen molar-refractivity contribution in [2.45, 2.75) is 40.2 Å². The number of fused-ring (bicyclic) bond motifs is 3. The van der Waals surface area contributed by atoms with E-state index in [4.69, 9.17) is 16.6 Å². The van der Waals surface area contributed by atoms with Gasteiger partial charge in [0, 0.05) is 21.0 Å². The maximum absolute atomic E-state index is 6.09. The normalized spacial score (nSPS) is 16.2. The summed E-state index contributed by atoms with van der Waals surface area (Å²) in [6.45, 7) is 8.47. The Labute approximate surface area is 156 Å². The minimum atomic E-state index is -0.00816. The molecule has 0 radical (unpaired) electrons. The van der Waals surface area contributed by atoms with Gasteiger partial charge >= 0.3 is 0 Å². The monoisotopic (exact) mass is 370 g/mol. The maximum atomic E-state index is 6.09. The molecule has 128 valence electrons. The van der Waals surface area contributed by atoms with Gasteiger partial charge in [-0.15, -0.1) is 21.5 Å². The topological polar surface area (TPSA) is 43.1 Å². The average Bonchev–Trinajstić information content (AvgIpc) is 3.06. The predicted octanol–water partition coefficient (Wildman–Crippen LogP) is 5.21. The van der Waals surface area contributed by atoms with Crippen molar-refractivity contribution in [2.24, 2.45) is 4.99 Å². The van der Waals surface area contributed by atoms with Gasteiger partial charge in [0.15, 0.2) is 5.82 Å². The number of nitrogens with zero attached hydrogens (tertiary/aromatic N) is 4. The summed E-state index contributed by atoms with van der Waals surface area (Å²) in [5.41, 5.74) is 4.56. The Morgan fingerprint density at radius 2 is 1.84 bits per heavy atom. The van der Waals surface area contributed by atoms with Gasteiger partial charge in [-0.1, -0.05) is 30.7 Å². The number of halogens is 1. The molecule has 1 aliphatic heterocycles. The van der Waals surface area contributed by atoms with Crippen LogP contribution in [0.2, 0.25) is 5.02 Å². The molecule has 0 N–H and O–H groups in total. The molecule has 1 aliphatic rings. The van der Waals surface area contributed by atoms with Crippen molar-refractivity contribution in [3.05, 3.63) is 62.5 Å². The maximum Gasteiger partial charge on any atom is 0.163 e. The van der Waals surface area contributed by atoms with Crippen LogP contribution in [0.3, 0.4) is 0 Å². The highest BCUT2D eigenvalue weighted by molar-refractivity contribution is 7.15.